The molecule has 2 aromatic rings. The van der Waals surface area contributed by atoms with Gasteiger partial charge in [-0.2, -0.15) is 0 Å². The van der Waals surface area contributed by atoms with E-state index in [4.69, 9.17) is 16.3 Å². The molecule has 1 fully saturated rings. The molecule has 0 spiro atoms. The van der Waals surface area contributed by atoms with Gasteiger partial charge in [0.05, 0.1) is 29.6 Å². The SMILES string of the molecule is ClCc1nc2ccc(Br)cc2n1C1CCOC1. The van der Waals surface area contributed by atoms with Gasteiger partial charge in [0, 0.05) is 11.1 Å². The van der Waals surface area contributed by atoms with Crippen LogP contribution in [0.1, 0.15) is 18.3 Å². The summed E-state index contributed by atoms with van der Waals surface area (Å²) in [5, 5.41) is 0. The van der Waals surface area contributed by atoms with Gasteiger partial charge in [0.25, 0.3) is 0 Å². The van der Waals surface area contributed by atoms with Crippen molar-refractivity contribution in [2.75, 3.05) is 13.2 Å². The van der Waals surface area contributed by atoms with Gasteiger partial charge in [-0.1, -0.05) is 15.9 Å². The van der Waals surface area contributed by atoms with Crippen LogP contribution in [-0.2, 0) is 10.6 Å². The van der Waals surface area contributed by atoms with E-state index in [1.807, 2.05) is 12.1 Å². The molecule has 1 atom stereocenters. The van der Waals surface area contributed by atoms with E-state index in [9.17, 15) is 0 Å². The van der Waals surface area contributed by atoms with E-state index in [1.165, 1.54) is 0 Å². The zero-order valence-electron chi connectivity index (χ0n) is 9.20. The van der Waals surface area contributed by atoms with Crippen molar-refractivity contribution >= 4 is 38.6 Å². The van der Waals surface area contributed by atoms with Crippen molar-refractivity contribution in [3.8, 4) is 0 Å². The first kappa shape index (κ1) is 11.5. The van der Waals surface area contributed by atoms with Gasteiger partial charge >= 0.3 is 0 Å². The van der Waals surface area contributed by atoms with Crippen molar-refractivity contribution < 1.29 is 4.74 Å². The Morgan fingerprint density at radius 3 is 3.12 bits per heavy atom. The molecule has 5 heteroatoms. The second-order valence-electron chi connectivity index (χ2n) is 4.18. The molecule has 0 N–H and O–H groups in total. The number of aromatic nitrogens is 2. The van der Waals surface area contributed by atoms with Crippen LogP contribution in [0.2, 0.25) is 0 Å². The molecule has 17 heavy (non-hydrogen) atoms. The number of ether oxygens (including phenoxy) is 1. The summed E-state index contributed by atoms with van der Waals surface area (Å²) in [7, 11) is 0. The molecular formula is C12H12BrClN2O. The van der Waals surface area contributed by atoms with Gasteiger partial charge in [-0.25, -0.2) is 4.98 Å². The quantitative estimate of drug-likeness (QED) is 0.793. The molecule has 90 valence electrons. The Kier molecular flexibility index (Phi) is 3.11. The largest absolute Gasteiger partial charge is 0.379 e. The van der Waals surface area contributed by atoms with Gasteiger partial charge in [-0.05, 0) is 24.6 Å². The minimum atomic E-state index is 0.364. The number of hydrogen-bond acceptors (Lipinski definition) is 2. The Morgan fingerprint density at radius 2 is 2.41 bits per heavy atom. The second-order valence-corrected chi connectivity index (χ2v) is 5.37. The van der Waals surface area contributed by atoms with Crippen molar-refractivity contribution in [1.82, 2.24) is 9.55 Å². The van der Waals surface area contributed by atoms with Crippen LogP contribution in [-0.4, -0.2) is 22.8 Å². The Balaban J connectivity index is 2.20. The standard InChI is InChI=1S/C12H12BrClN2O/c13-8-1-2-10-11(5-8)16(12(6-14)15-10)9-3-4-17-7-9/h1-2,5,9H,3-4,6-7H2. The van der Waals surface area contributed by atoms with Crippen LogP contribution in [0.25, 0.3) is 11.0 Å². The molecule has 0 aliphatic carbocycles. The fourth-order valence-corrected chi connectivity index (χ4v) is 2.88. The fourth-order valence-electron chi connectivity index (χ4n) is 2.34. The summed E-state index contributed by atoms with van der Waals surface area (Å²) in [6.45, 7) is 1.57. The van der Waals surface area contributed by atoms with E-state index in [-0.39, 0.29) is 0 Å². The molecule has 1 aromatic carbocycles. The number of hydrogen-bond donors (Lipinski definition) is 0. The monoisotopic (exact) mass is 314 g/mol. The Hall–Kier alpha value is -0.580. The van der Waals surface area contributed by atoms with E-state index in [0.717, 1.165) is 41.0 Å². The summed E-state index contributed by atoms with van der Waals surface area (Å²) in [6.07, 6.45) is 1.03. The van der Waals surface area contributed by atoms with Gasteiger partial charge < -0.3 is 9.30 Å². The highest BCUT2D eigenvalue weighted by Crippen LogP contribution is 2.29. The maximum Gasteiger partial charge on any atom is 0.125 e. The highest BCUT2D eigenvalue weighted by Gasteiger charge is 2.22. The predicted molar refractivity (Wildman–Crippen MR) is 71.5 cm³/mol. The molecule has 0 radical (unpaired) electrons. The van der Waals surface area contributed by atoms with Gasteiger partial charge in [0.2, 0.25) is 0 Å². The van der Waals surface area contributed by atoms with E-state index in [1.54, 1.807) is 0 Å². The minimum absolute atomic E-state index is 0.364. The lowest BCUT2D eigenvalue weighted by atomic mass is 10.2. The summed E-state index contributed by atoms with van der Waals surface area (Å²) in [5.41, 5.74) is 2.13. The van der Waals surface area contributed by atoms with E-state index < -0.39 is 0 Å². The molecule has 1 saturated heterocycles. The molecule has 1 aliphatic rings. The molecular weight excluding hydrogens is 304 g/mol. The summed E-state index contributed by atoms with van der Waals surface area (Å²) in [5.74, 6) is 1.36. The maximum atomic E-state index is 5.99. The second kappa shape index (κ2) is 4.59. The van der Waals surface area contributed by atoms with Crippen molar-refractivity contribution in [3.63, 3.8) is 0 Å². The lowest BCUT2D eigenvalue weighted by Crippen LogP contribution is -2.11. The highest BCUT2D eigenvalue weighted by atomic mass is 79.9. The highest BCUT2D eigenvalue weighted by molar-refractivity contribution is 9.10. The molecule has 3 rings (SSSR count). The molecule has 1 aliphatic heterocycles. The Bertz CT molecular complexity index is 549. The summed E-state index contributed by atoms with van der Waals surface area (Å²) in [6, 6.07) is 6.48. The molecule has 3 nitrogen and oxygen atoms in total. The molecule has 0 amide bonds. The average molecular weight is 316 g/mol. The normalized spacial score (nSPS) is 20.2. The smallest absolute Gasteiger partial charge is 0.125 e. The zero-order valence-corrected chi connectivity index (χ0v) is 11.5. The lowest BCUT2D eigenvalue weighted by Gasteiger charge is -2.14. The van der Waals surface area contributed by atoms with Crippen LogP contribution in [0.5, 0.6) is 0 Å². The Labute approximate surface area is 113 Å². The van der Waals surface area contributed by atoms with E-state index in [2.05, 4.69) is 31.5 Å². The van der Waals surface area contributed by atoms with Gasteiger partial charge in [0.15, 0.2) is 0 Å². The van der Waals surface area contributed by atoms with E-state index >= 15 is 0 Å². The van der Waals surface area contributed by atoms with Crippen LogP contribution >= 0.6 is 27.5 Å². The van der Waals surface area contributed by atoms with Crippen molar-refractivity contribution in [1.29, 1.82) is 0 Å². The molecule has 1 aromatic heterocycles. The van der Waals surface area contributed by atoms with Crippen molar-refractivity contribution in [3.05, 3.63) is 28.5 Å². The number of alkyl halides is 1. The molecule has 0 bridgehead atoms. The number of halogens is 2. The summed E-state index contributed by atoms with van der Waals surface area (Å²) in [4.78, 5) is 4.57. The number of rotatable bonds is 2. The first-order valence-electron chi connectivity index (χ1n) is 5.59. The molecule has 0 saturated carbocycles. The van der Waals surface area contributed by atoms with Crippen LogP contribution in [0.15, 0.2) is 22.7 Å². The first-order valence-corrected chi connectivity index (χ1v) is 6.92. The molecule has 1 unspecified atom stereocenters. The van der Waals surface area contributed by atoms with Crippen LogP contribution in [0, 0.1) is 0 Å². The van der Waals surface area contributed by atoms with Gasteiger partial charge in [-0.15, -0.1) is 11.6 Å². The lowest BCUT2D eigenvalue weighted by molar-refractivity contribution is 0.187. The van der Waals surface area contributed by atoms with Gasteiger partial charge in [0.1, 0.15) is 5.82 Å². The number of imidazole rings is 1. The van der Waals surface area contributed by atoms with Crippen LogP contribution < -0.4 is 0 Å². The number of nitrogens with zero attached hydrogens (tertiary/aromatic N) is 2. The maximum absolute atomic E-state index is 5.99. The fraction of sp³-hybridized carbons (Fsp3) is 0.417. The van der Waals surface area contributed by atoms with Crippen molar-refractivity contribution in [2.45, 2.75) is 18.3 Å². The van der Waals surface area contributed by atoms with E-state index in [0.29, 0.717) is 11.9 Å². The first-order chi connectivity index (χ1) is 8.29. The predicted octanol–water partition coefficient (Wildman–Crippen LogP) is 3.50. The third-order valence-electron chi connectivity index (χ3n) is 3.11. The third-order valence-corrected chi connectivity index (χ3v) is 3.85. The van der Waals surface area contributed by atoms with Crippen molar-refractivity contribution in [2.24, 2.45) is 0 Å². The average Bonchev–Trinajstić information content (AvgIpc) is 2.93. The molecule has 2 heterocycles. The number of fused-ring (bicyclic) bond motifs is 1. The summed E-state index contributed by atoms with van der Waals surface area (Å²) < 4.78 is 8.74. The summed E-state index contributed by atoms with van der Waals surface area (Å²) >= 11 is 9.49. The third kappa shape index (κ3) is 1.98. The van der Waals surface area contributed by atoms with Crippen LogP contribution in [0.4, 0.5) is 0 Å². The van der Waals surface area contributed by atoms with Crippen LogP contribution in [0.3, 0.4) is 0 Å². The minimum Gasteiger partial charge on any atom is -0.379 e. The zero-order chi connectivity index (χ0) is 11.8. The number of benzene rings is 1. The topological polar surface area (TPSA) is 27.1 Å². The van der Waals surface area contributed by atoms with Gasteiger partial charge in [-0.3, -0.25) is 0 Å². The Morgan fingerprint density at radius 1 is 1.53 bits per heavy atom.